The lowest BCUT2D eigenvalue weighted by Gasteiger charge is -2.25. The molecule has 5 aromatic carbocycles. The predicted molar refractivity (Wildman–Crippen MR) is 206 cm³/mol. The van der Waals surface area contributed by atoms with Crippen LogP contribution in [0.3, 0.4) is 0 Å². The summed E-state index contributed by atoms with van der Waals surface area (Å²) in [4.78, 5) is 36.4. The highest BCUT2D eigenvalue weighted by Crippen LogP contribution is 2.57. The van der Waals surface area contributed by atoms with Crippen molar-refractivity contribution in [2.75, 3.05) is 35.1 Å². The highest BCUT2D eigenvalue weighted by atomic mass is 16.5. The SMILES string of the molecule is COc1cc2c(cc1OCc1cc(N)cc(COc3cc4c(cc3OC)C(=O)N3c5ccccc5C[C@]35C[C@H]5N4)c1)N=C[C@@H]1Cc3ccccc3N1C2=O. The highest BCUT2D eigenvalue weighted by Gasteiger charge is 2.65. The Balaban J connectivity index is 0.869. The van der Waals surface area contributed by atoms with Gasteiger partial charge >= 0.3 is 0 Å². The molecular weight excluding hydrogens is 683 g/mol. The predicted octanol–water partition coefficient (Wildman–Crippen LogP) is 6.87. The van der Waals surface area contributed by atoms with Crippen LogP contribution in [-0.2, 0) is 26.1 Å². The number of para-hydroxylation sites is 2. The minimum atomic E-state index is -0.245. The van der Waals surface area contributed by atoms with Crippen LogP contribution in [0.4, 0.5) is 28.4 Å². The van der Waals surface area contributed by atoms with Crippen LogP contribution in [-0.4, -0.2) is 49.9 Å². The number of carbonyl (C=O) groups excluding carboxylic acids is 2. The van der Waals surface area contributed by atoms with Crippen molar-refractivity contribution in [3.8, 4) is 23.0 Å². The van der Waals surface area contributed by atoms with Crippen LogP contribution in [0.25, 0.3) is 0 Å². The topological polar surface area (TPSA) is 128 Å². The van der Waals surface area contributed by atoms with Crippen molar-refractivity contribution in [3.63, 3.8) is 0 Å². The first kappa shape index (κ1) is 32.2. The molecule has 3 atom stereocenters. The van der Waals surface area contributed by atoms with Gasteiger partial charge in [-0.3, -0.25) is 24.4 Å². The normalized spacial score (nSPS) is 20.9. The van der Waals surface area contributed by atoms with E-state index >= 15 is 0 Å². The summed E-state index contributed by atoms with van der Waals surface area (Å²) in [6, 6.07) is 28.9. The van der Waals surface area contributed by atoms with Crippen molar-refractivity contribution in [1.29, 1.82) is 0 Å². The molecule has 10 rings (SSSR count). The molecule has 5 aromatic rings. The van der Waals surface area contributed by atoms with Crippen molar-refractivity contribution < 1.29 is 28.5 Å². The number of anilines is 4. The van der Waals surface area contributed by atoms with Crippen LogP contribution >= 0.6 is 0 Å². The van der Waals surface area contributed by atoms with E-state index < -0.39 is 0 Å². The number of hydrogen-bond acceptors (Lipinski definition) is 9. The maximum absolute atomic E-state index is 14.1. The van der Waals surface area contributed by atoms with Gasteiger partial charge in [0.1, 0.15) is 13.2 Å². The van der Waals surface area contributed by atoms with E-state index in [0.717, 1.165) is 46.6 Å². The van der Waals surface area contributed by atoms with Gasteiger partial charge in [0.05, 0.1) is 54.3 Å². The summed E-state index contributed by atoms with van der Waals surface area (Å²) >= 11 is 0. The fraction of sp³-hybridized carbons (Fsp3) is 0.233. The van der Waals surface area contributed by atoms with Crippen molar-refractivity contribution in [2.45, 2.75) is 50.1 Å². The summed E-state index contributed by atoms with van der Waals surface area (Å²) in [7, 11) is 3.12. The van der Waals surface area contributed by atoms with Crippen LogP contribution < -0.4 is 39.8 Å². The van der Waals surface area contributed by atoms with Gasteiger partial charge in [-0.15, -0.1) is 0 Å². The number of nitrogen functional groups attached to an aromatic ring is 1. The molecule has 54 heavy (non-hydrogen) atoms. The molecule has 1 aliphatic carbocycles. The molecule has 11 heteroatoms. The minimum absolute atomic E-state index is 0.0385. The Morgan fingerprint density at radius 2 is 1.44 bits per heavy atom. The first-order chi connectivity index (χ1) is 26.3. The first-order valence-electron chi connectivity index (χ1n) is 18.1. The molecule has 1 saturated carbocycles. The molecule has 5 aliphatic rings. The Bertz CT molecular complexity index is 2450. The lowest BCUT2D eigenvalue weighted by Crippen LogP contribution is -2.41. The Labute approximate surface area is 311 Å². The van der Waals surface area contributed by atoms with Gasteiger partial charge < -0.3 is 30.0 Å². The molecule has 4 heterocycles. The van der Waals surface area contributed by atoms with E-state index in [1.54, 1.807) is 32.4 Å². The van der Waals surface area contributed by atoms with Crippen molar-refractivity contribution >= 4 is 46.5 Å². The van der Waals surface area contributed by atoms with E-state index in [1.165, 1.54) is 5.56 Å². The van der Waals surface area contributed by atoms with Crippen LogP contribution in [0.2, 0.25) is 0 Å². The monoisotopic (exact) mass is 719 g/mol. The molecule has 1 spiro atoms. The van der Waals surface area contributed by atoms with E-state index in [9.17, 15) is 9.59 Å². The zero-order valence-corrected chi connectivity index (χ0v) is 29.8. The molecule has 2 amide bonds. The van der Waals surface area contributed by atoms with Gasteiger partial charge in [0, 0.05) is 48.3 Å². The molecule has 0 bridgehead atoms. The van der Waals surface area contributed by atoms with Crippen molar-refractivity contribution in [3.05, 3.63) is 124 Å². The molecular formula is C43H37N5O6. The summed E-state index contributed by atoms with van der Waals surface area (Å²) in [5.74, 6) is 1.71. The van der Waals surface area contributed by atoms with E-state index in [-0.39, 0.29) is 42.7 Å². The Kier molecular flexibility index (Phi) is 7.17. The molecule has 3 N–H and O–H groups in total. The summed E-state index contributed by atoms with van der Waals surface area (Å²) < 4.78 is 24.1. The van der Waals surface area contributed by atoms with Crippen LogP contribution in [0.5, 0.6) is 23.0 Å². The maximum Gasteiger partial charge on any atom is 0.261 e. The van der Waals surface area contributed by atoms with Crippen LogP contribution in [0.15, 0.2) is 96.0 Å². The number of rotatable bonds is 8. The molecule has 0 unspecified atom stereocenters. The average molecular weight is 720 g/mol. The third kappa shape index (κ3) is 4.98. The van der Waals surface area contributed by atoms with E-state index in [0.29, 0.717) is 51.9 Å². The summed E-state index contributed by atoms with van der Waals surface area (Å²) in [5, 5.41) is 3.64. The number of nitrogens with two attached hydrogens (primary N) is 1. The Morgan fingerprint density at radius 3 is 2.19 bits per heavy atom. The molecule has 1 fully saturated rings. The molecule has 270 valence electrons. The fourth-order valence-electron chi connectivity index (χ4n) is 8.67. The minimum Gasteiger partial charge on any atom is -0.493 e. The Morgan fingerprint density at radius 1 is 0.778 bits per heavy atom. The number of benzene rings is 5. The summed E-state index contributed by atoms with van der Waals surface area (Å²) in [5.41, 5.74) is 14.8. The van der Waals surface area contributed by atoms with Gasteiger partial charge in [0.25, 0.3) is 11.8 Å². The standard InChI is InChI=1S/C43H37N5O6/c1-51-36-15-30-32(45-21-29-14-26-7-3-5-9-34(26)47(29)41(30)49)17-38(36)53-22-24-11-25(13-28(44)12-24)23-54-39-18-33-31(16-37(39)52-2)42(50)48-35-10-6-4-8-27(35)19-43(48)20-40(43)46-33/h3-13,15-18,21,29,40,46H,14,19-20,22-23,44H2,1-2H3/t29-,40+,43+/m0/s1. The number of fused-ring (bicyclic) bond motifs is 7. The molecule has 0 radical (unpaired) electrons. The highest BCUT2D eigenvalue weighted by molar-refractivity contribution is 6.15. The van der Waals surface area contributed by atoms with E-state index in [1.807, 2.05) is 82.7 Å². The summed E-state index contributed by atoms with van der Waals surface area (Å²) in [6.07, 6.45) is 4.28. The van der Waals surface area contributed by atoms with Gasteiger partial charge in [-0.25, -0.2) is 0 Å². The first-order valence-corrected chi connectivity index (χ1v) is 18.1. The summed E-state index contributed by atoms with van der Waals surface area (Å²) in [6.45, 7) is 0.387. The lowest BCUT2D eigenvalue weighted by atomic mass is 10.1. The van der Waals surface area contributed by atoms with E-state index in [2.05, 4.69) is 11.4 Å². The quantitative estimate of drug-likeness (QED) is 0.166. The Hall–Kier alpha value is -6.49. The molecule has 0 aromatic heterocycles. The maximum atomic E-state index is 14.1. The number of amides is 2. The third-order valence-electron chi connectivity index (χ3n) is 11.3. The smallest absolute Gasteiger partial charge is 0.261 e. The van der Waals surface area contributed by atoms with Gasteiger partial charge in [0.15, 0.2) is 23.0 Å². The lowest BCUT2D eigenvalue weighted by molar-refractivity contribution is 0.0973. The number of ether oxygens (including phenoxy) is 4. The zero-order chi connectivity index (χ0) is 36.7. The van der Waals surface area contributed by atoms with Gasteiger partial charge in [0.2, 0.25) is 0 Å². The fourth-order valence-corrected chi connectivity index (χ4v) is 8.67. The van der Waals surface area contributed by atoms with Crippen LogP contribution in [0, 0.1) is 0 Å². The largest absolute Gasteiger partial charge is 0.493 e. The number of carbonyl (C=O) groups is 2. The van der Waals surface area contributed by atoms with Gasteiger partial charge in [-0.2, -0.15) is 0 Å². The second-order valence-electron chi connectivity index (χ2n) is 14.5. The second-order valence-corrected chi connectivity index (χ2v) is 14.5. The number of methoxy groups -OCH3 is 2. The number of aliphatic imine (C=N–C) groups is 1. The second kappa shape index (κ2) is 12.0. The number of hydrogen-bond donors (Lipinski definition) is 2. The molecule has 0 saturated heterocycles. The number of nitrogens with zero attached hydrogens (tertiary/aromatic N) is 3. The zero-order valence-electron chi connectivity index (χ0n) is 29.8. The average Bonchev–Trinajstić information content (AvgIpc) is 3.62. The number of nitrogens with one attached hydrogen (secondary N) is 1. The molecule has 11 nitrogen and oxygen atoms in total. The molecule has 4 aliphatic heterocycles. The van der Waals surface area contributed by atoms with Crippen molar-refractivity contribution in [2.24, 2.45) is 4.99 Å². The van der Waals surface area contributed by atoms with Gasteiger partial charge in [-0.1, -0.05) is 36.4 Å². The van der Waals surface area contributed by atoms with E-state index in [4.69, 9.17) is 29.7 Å². The third-order valence-corrected chi connectivity index (χ3v) is 11.3. The van der Waals surface area contributed by atoms with Crippen molar-refractivity contribution in [1.82, 2.24) is 0 Å². The van der Waals surface area contributed by atoms with Crippen LogP contribution in [0.1, 0.15) is 49.4 Å². The van der Waals surface area contributed by atoms with Gasteiger partial charge in [-0.05, 0) is 71.1 Å².